The molecule has 0 aliphatic carbocycles. The van der Waals surface area contributed by atoms with Crippen LogP contribution in [0, 0.1) is 0 Å². The monoisotopic (exact) mass is 356 g/mol. The van der Waals surface area contributed by atoms with E-state index in [9.17, 15) is 4.79 Å². The summed E-state index contributed by atoms with van der Waals surface area (Å²) < 4.78 is 5.45. The minimum Gasteiger partial charge on any atom is -0.465 e. The molecule has 0 amide bonds. The van der Waals surface area contributed by atoms with E-state index in [1.807, 2.05) is 6.92 Å². The summed E-state index contributed by atoms with van der Waals surface area (Å²) in [5, 5.41) is 0. The summed E-state index contributed by atoms with van der Waals surface area (Å²) in [5.74, 6) is -0.0345. The first-order chi connectivity index (χ1) is 12.1. The Balaban J connectivity index is 5.11. The Morgan fingerprint density at radius 3 is 1.60 bits per heavy atom. The molecular formula is C21H44N2O2. The van der Waals surface area contributed by atoms with Gasteiger partial charge in [0.25, 0.3) is 0 Å². The van der Waals surface area contributed by atoms with Gasteiger partial charge in [0.1, 0.15) is 6.04 Å². The van der Waals surface area contributed by atoms with Crippen LogP contribution in [0.1, 0.15) is 86.0 Å². The van der Waals surface area contributed by atoms with E-state index in [1.54, 1.807) is 0 Å². The number of ether oxygens (including phenoxy) is 1. The summed E-state index contributed by atoms with van der Waals surface area (Å²) >= 11 is 0. The van der Waals surface area contributed by atoms with Crippen LogP contribution in [0.2, 0.25) is 0 Å². The lowest BCUT2D eigenvalue weighted by atomic mass is 10.1. The Bertz CT molecular complexity index is 294. The van der Waals surface area contributed by atoms with Crippen LogP contribution in [0.15, 0.2) is 0 Å². The summed E-state index contributed by atoms with van der Waals surface area (Å²) in [6.45, 7) is 16.2. The number of esters is 1. The highest BCUT2D eigenvalue weighted by molar-refractivity contribution is 5.76. The van der Waals surface area contributed by atoms with E-state index in [4.69, 9.17) is 4.74 Å². The number of hydrogen-bond donors (Lipinski definition) is 0. The highest BCUT2D eigenvalue weighted by Crippen LogP contribution is 2.11. The molecular weight excluding hydrogens is 312 g/mol. The minimum atomic E-state index is -0.119. The third-order valence-electron chi connectivity index (χ3n) is 4.68. The first-order valence-corrected chi connectivity index (χ1v) is 10.8. The fraction of sp³-hybridized carbons (Fsp3) is 0.952. The molecule has 0 bridgehead atoms. The molecule has 1 atom stereocenters. The molecule has 0 aromatic heterocycles. The van der Waals surface area contributed by atoms with Crippen molar-refractivity contribution in [3.8, 4) is 0 Å². The molecule has 0 aromatic rings. The second-order valence-electron chi connectivity index (χ2n) is 7.02. The fourth-order valence-electron chi connectivity index (χ4n) is 3.03. The van der Waals surface area contributed by atoms with Gasteiger partial charge in [0.15, 0.2) is 0 Å². The van der Waals surface area contributed by atoms with Crippen LogP contribution in [-0.4, -0.2) is 61.1 Å². The van der Waals surface area contributed by atoms with E-state index in [2.05, 4.69) is 37.5 Å². The zero-order chi connectivity index (χ0) is 18.9. The van der Waals surface area contributed by atoms with Gasteiger partial charge in [-0.3, -0.25) is 9.69 Å². The Labute approximate surface area is 157 Å². The molecule has 0 aromatic carbocycles. The van der Waals surface area contributed by atoms with Crippen molar-refractivity contribution in [1.82, 2.24) is 9.80 Å². The zero-order valence-electron chi connectivity index (χ0n) is 17.7. The first kappa shape index (κ1) is 24.4. The van der Waals surface area contributed by atoms with Crippen LogP contribution in [0.25, 0.3) is 0 Å². The average Bonchev–Trinajstić information content (AvgIpc) is 2.62. The second-order valence-corrected chi connectivity index (χ2v) is 7.02. The number of hydrogen-bond acceptors (Lipinski definition) is 4. The van der Waals surface area contributed by atoms with Gasteiger partial charge >= 0.3 is 5.97 Å². The summed E-state index contributed by atoms with van der Waals surface area (Å²) in [5.41, 5.74) is 0. The van der Waals surface area contributed by atoms with Crippen LogP contribution < -0.4 is 0 Å². The average molecular weight is 357 g/mol. The SMILES string of the molecule is CCCCN(CCCC)CC(C(=O)OCC)N(CCCC)CCCC. The lowest BCUT2D eigenvalue weighted by Crippen LogP contribution is -2.50. The van der Waals surface area contributed by atoms with E-state index < -0.39 is 0 Å². The Morgan fingerprint density at radius 2 is 1.20 bits per heavy atom. The highest BCUT2D eigenvalue weighted by atomic mass is 16.5. The summed E-state index contributed by atoms with van der Waals surface area (Å²) in [6.07, 6.45) is 9.39. The maximum atomic E-state index is 12.7. The molecule has 0 aliphatic rings. The summed E-state index contributed by atoms with van der Waals surface area (Å²) in [6, 6.07) is -0.119. The fourth-order valence-corrected chi connectivity index (χ4v) is 3.03. The van der Waals surface area contributed by atoms with E-state index in [0.717, 1.165) is 58.4 Å². The number of carbonyl (C=O) groups excluding carboxylic acids is 1. The van der Waals surface area contributed by atoms with Crippen molar-refractivity contribution in [2.45, 2.75) is 92.0 Å². The molecule has 0 radical (unpaired) electrons. The van der Waals surface area contributed by atoms with Gasteiger partial charge in [-0.25, -0.2) is 0 Å². The van der Waals surface area contributed by atoms with Gasteiger partial charge in [-0.1, -0.05) is 53.4 Å². The number of rotatable bonds is 17. The van der Waals surface area contributed by atoms with Gasteiger partial charge in [-0.15, -0.1) is 0 Å². The predicted octanol–water partition coefficient (Wildman–Crippen LogP) is 4.72. The molecule has 0 N–H and O–H groups in total. The molecule has 25 heavy (non-hydrogen) atoms. The maximum Gasteiger partial charge on any atom is 0.324 e. The molecule has 0 saturated heterocycles. The van der Waals surface area contributed by atoms with Gasteiger partial charge in [0.05, 0.1) is 6.61 Å². The molecule has 0 saturated carbocycles. The molecule has 0 aliphatic heterocycles. The number of nitrogens with zero attached hydrogens (tertiary/aromatic N) is 2. The van der Waals surface area contributed by atoms with Gasteiger partial charge in [0.2, 0.25) is 0 Å². The van der Waals surface area contributed by atoms with Crippen LogP contribution in [-0.2, 0) is 9.53 Å². The van der Waals surface area contributed by atoms with Crippen LogP contribution in [0.3, 0.4) is 0 Å². The number of unbranched alkanes of at least 4 members (excludes halogenated alkanes) is 4. The summed E-state index contributed by atoms with van der Waals surface area (Å²) in [4.78, 5) is 17.6. The highest BCUT2D eigenvalue weighted by Gasteiger charge is 2.28. The third kappa shape index (κ3) is 11.6. The Morgan fingerprint density at radius 1 is 0.760 bits per heavy atom. The normalized spacial score (nSPS) is 12.8. The zero-order valence-corrected chi connectivity index (χ0v) is 17.7. The minimum absolute atomic E-state index is 0.0345. The van der Waals surface area contributed by atoms with Crippen LogP contribution in [0.4, 0.5) is 0 Å². The van der Waals surface area contributed by atoms with Gasteiger partial charge in [0, 0.05) is 6.54 Å². The Kier molecular flexibility index (Phi) is 16.4. The molecule has 0 spiro atoms. The van der Waals surface area contributed by atoms with Gasteiger partial charge in [-0.05, 0) is 58.8 Å². The largest absolute Gasteiger partial charge is 0.465 e. The first-order valence-electron chi connectivity index (χ1n) is 10.8. The van der Waals surface area contributed by atoms with Crippen molar-refractivity contribution in [3.05, 3.63) is 0 Å². The van der Waals surface area contributed by atoms with E-state index in [1.165, 1.54) is 25.7 Å². The lowest BCUT2D eigenvalue weighted by Gasteiger charge is -2.34. The lowest BCUT2D eigenvalue weighted by molar-refractivity contribution is -0.150. The predicted molar refractivity (Wildman–Crippen MR) is 108 cm³/mol. The Hall–Kier alpha value is -0.610. The molecule has 150 valence electrons. The number of carbonyl (C=O) groups is 1. The van der Waals surface area contributed by atoms with Crippen molar-refractivity contribution in [2.24, 2.45) is 0 Å². The third-order valence-corrected chi connectivity index (χ3v) is 4.68. The van der Waals surface area contributed by atoms with Crippen molar-refractivity contribution in [3.63, 3.8) is 0 Å². The molecule has 1 unspecified atom stereocenters. The standard InChI is InChI=1S/C21H44N2O2/c1-6-11-15-22(16-12-7-2)19-20(21(24)25-10-5)23(17-13-8-3)18-14-9-4/h20H,6-19H2,1-5H3. The molecule has 0 rings (SSSR count). The van der Waals surface area contributed by atoms with E-state index in [0.29, 0.717) is 6.61 Å². The smallest absolute Gasteiger partial charge is 0.324 e. The van der Waals surface area contributed by atoms with Gasteiger partial charge in [-0.2, -0.15) is 0 Å². The van der Waals surface area contributed by atoms with E-state index >= 15 is 0 Å². The molecule has 0 heterocycles. The molecule has 4 nitrogen and oxygen atoms in total. The maximum absolute atomic E-state index is 12.7. The van der Waals surface area contributed by atoms with Crippen molar-refractivity contribution in [1.29, 1.82) is 0 Å². The van der Waals surface area contributed by atoms with Crippen molar-refractivity contribution in [2.75, 3.05) is 39.3 Å². The topological polar surface area (TPSA) is 32.8 Å². The van der Waals surface area contributed by atoms with Gasteiger partial charge < -0.3 is 9.64 Å². The second kappa shape index (κ2) is 16.8. The van der Waals surface area contributed by atoms with Crippen LogP contribution >= 0.6 is 0 Å². The summed E-state index contributed by atoms with van der Waals surface area (Å²) in [7, 11) is 0. The quantitative estimate of drug-likeness (QED) is 0.353. The van der Waals surface area contributed by atoms with Crippen molar-refractivity contribution < 1.29 is 9.53 Å². The van der Waals surface area contributed by atoms with Crippen molar-refractivity contribution >= 4 is 5.97 Å². The molecule has 0 fully saturated rings. The van der Waals surface area contributed by atoms with E-state index in [-0.39, 0.29) is 12.0 Å². The van der Waals surface area contributed by atoms with Crippen LogP contribution in [0.5, 0.6) is 0 Å². The molecule has 4 heteroatoms.